The molecule has 2 aromatic heterocycles. The van der Waals surface area contributed by atoms with Gasteiger partial charge in [-0.2, -0.15) is 5.10 Å². The molecule has 0 unspecified atom stereocenters. The van der Waals surface area contributed by atoms with Crippen LogP contribution in [0.4, 0.5) is 5.82 Å². The summed E-state index contributed by atoms with van der Waals surface area (Å²) in [5.74, 6) is 1.18. The first-order chi connectivity index (χ1) is 9.02. The molecule has 0 amide bonds. The summed E-state index contributed by atoms with van der Waals surface area (Å²) in [7, 11) is 1.90. The van der Waals surface area contributed by atoms with Gasteiger partial charge in [-0.1, -0.05) is 0 Å². The lowest BCUT2D eigenvalue weighted by Crippen LogP contribution is -2.06. The molecular formula is C13H19N5O. The standard InChI is InChI=1S/C13H19N5O/c1-8-11(4-5-19)17-18(3)12(8)6-10-7-15-9(2)16-13(10)14/h7,19H,4-6H2,1-3H3,(H2,14,15,16). The van der Waals surface area contributed by atoms with E-state index < -0.39 is 0 Å². The Morgan fingerprint density at radius 2 is 2.11 bits per heavy atom. The lowest BCUT2D eigenvalue weighted by Gasteiger charge is -2.06. The largest absolute Gasteiger partial charge is 0.396 e. The number of aryl methyl sites for hydroxylation is 2. The molecule has 0 aliphatic heterocycles. The van der Waals surface area contributed by atoms with E-state index in [4.69, 9.17) is 10.8 Å². The molecule has 2 heterocycles. The Labute approximate surface area is 112 Å². The van der Waals surface area contributed by atoms with Gasteiger partial charge in [0.1, 0.15) is 11.6 Å². The van der Waals surface area contributed by atoms with Gasteiger partial charge in [0.15, 0.2) is 0 Å². The first kappa shape index (κ1) is 13.5. The van der Waals surface area contributed by atoms with Crippen LogP contribution >= 0.6 is 0 Å². The molecular weight excluding hydrogens is 242 g/mol. The summed E-state index contributed by atoms with van der Waals surface area (Å²) in [6.07, 6.45) is 2.97. The minimum Gasteiger partial charge on any atom is -0.396 e. The maximum Gasteiger partial charge on any atom is 0.130 e. The van der Waals surface area contributed by atoms with Crippen LogP contribution in [0.15, 0.2) is 6.20 Å². The lowest BCUT2D eigenvalue weighted by molar-refractivity contribution is 0.297. The molecule has 0 radical (unpaired) electrons. The van der Waals surface area contributed by atoms with Crippen LogP contribution in [0.3, 0.4) is 0 Å². The molecule has 0 fully saturated rings. The highest BCUT2D eigenvalue weighted by Gasteiger charge is 2.14. The highest BCUT2D eigenvalue weighted by atomic mass is 16.3. The van der Waals surface area contributed by atoms with E-state index in [0.29, 0.717) is 24.5 Å². The Kier molecular flexibility index (Phi) is 3.80. The Morgan fingerprint density at radius 3 is 2.74 bits per heavy atom. The first-order valence-electron chi connectivity index (χ1n) is 6.23. The van der Waals surface area contributed by atoms with Crippen LogP contribution < -0.4 is 5.73 Å². The average molecular weight is 261 g/mol. The van der Waals surface area contributed by atoms with Crippen LogP contribution in [0, 0.1) is 13.8 Å². The third-order valence-corrected chi connectivity index (χ3v) is 3.25. The molecule has 102 valence electrons. The topological polar surface area (TPSA) is 89.9 Å². The van der Waals surface area contributed by atoms with Crippen molar-refractivity contribution in [1.82, 2.24) is 19.7 Å². The number of hydrogen-bond acceptors (Lipinski definition) is 5. The van der Waals surface area contributed by atoms with E-state index in [2.05, 4.69) is 15.1 Å². The number of anilines is 1. The SMILES string of the molecule is Cc1ncc(Cc2c(C)c(CCO)nn2C)c(N)n1. The average Bonchev–Trinajstić information content (AvgIpc) is 2.60. The van der Waals surface area contributed by atoms with E-state index in [1.165, 1.54) is 0 Å². The van der Waals surface area contributed by atoms with Crippen LogP contribution in [-0.2, 0) is 19.9 Å². The summed E-state index contributed by atoms with van der Waals surface area (Å²) < 4.78 is 1.83. The first-order valence-corrected chi connectivity index (χ1v) is 6.23. The number of rotatable bonds is 4. The van der Waals surface area contributed by atoms with E-state index in [1.54, 1.807) is 6.20 Å². The molecule has 0 saturated carbocycles. The van der Waals surface area contributed by atoms with Gasteiger partial charge in [-0.05, 0) is 19.4 Å². The van der Waals surface area contributed by atoms with Gasteiger partial charge in [0.25, 0.3) is 0 Å². The van der Waals surface area contributed by atoms with E-state index in [1.807, 2.05) is 25.6 Å². The summed E-state index contributed by atoms with van der Waals surface area (Å²) in [6.45, 7) is 3.93. The second kappa shape index (κ2) is 5.36. The number of nitrogen functional groups attached to an aromatic ring is 1. The quantitative estimate of drug-likeness (QED) is 0.838. The normalized spacial score (nSPS) is 10.9. The van der Waals surface area contributed by atoms with Gasteiger partial charge in [-0.3, -0.25) is 4.68 Å². The lowest BCUT2D eigenvalue weighted by atomic mass is 10.1. The molecule has 2 rings (SSSR count). The molecule has 0 aliphatic carbocycles. The van der Waals surface area contributed by atoms with Crippen molar-refractivity contribution < 1.29 is 5.11 Å². The second-order valence-corrected chi connectivity index (χ2v) is 4.62. The van der Waals surface area contributed by atoms with Crippen molar-refractivity contribution in [1.29, 1.82) is 0 Å². The van der Waals surface area contributed by atoms with Gasteiger partial charge in [0.05, 0.1) is 5.69 Å². The molecule has 19 heavy (non-hydrogen) atoms. The molecule has 3 N–H and O–H groups in total. The predicted molar refractivity (Wildman–Crippen MR) is 72.7 cm³/mol. The zero-order valence-electron chi connectivity index (χ0n) is 11.5. The van der Waals surface area contributed by atoms with E-state index in [9.17, 15) is 0 Å². The Bertz CT molecular complexity index is 591. The van der Waals surface area contributed by atoms with Crippen molar-refractivity contribution in [2.75, 3.05) is 12.3 Å². The number of aliphatic hydroxyl groups is 1. The highest BCUT2D eigenvalue weighted by molar-refractivity contribution is 5.41. The third-order valence-electron chi connectivity index (χ3n) is 3.25. The molecule has 0 atom stereocenters. The summed E-state index contributed by atoms with van der Waals surface area (Å²) in [5, 5.41) is 13.4. The van der Waals surface area contributed by atoms with Gasteiger partial charge < -0.3 is 10.8 Å². The summed E-state index contributed by atoms with van der Waals surface area (Å²) in [5.41, 5.74) is 9.90. The molecule has 0 aromatic carbocycles. The molecule has 0 aliphatic rings. The summed E-state index contributed by atoms with van der Waals surface area (Å²) >= 11 is 0. The number of aliphatic hydroxyl groups excluding tert-OH is 1. The zero-order chi connectivity index (χ0) is 14.0. The van der Waals surface area contributed by atoms with Crippen molar-refractivity contribution in [3.63, 3.8) is 0 Å². The van der Waals surface area contributed by atoms with Gasteiger partial charge in [0.2, 0.25) is 0 Å². The van der Waals surface area contributed by atoms with Crippen LogP contribution in [0.5, 0.6) is 0 Å². The van der Waals surface area contributed by atoms with E-state index >= 15 is 0 Å². The molecule has 0 spiro atoms. The maximum atomic E-state index is 9.02. The van der Waals surface area contributed by atoms with E-state index in [0.717, 1.165) is 22.5 Å². The monoisotopic (exact) mass is 261 g/mol. The van der Waals surface area contributed by atoms with Crippen LogP contribution in [0.25, 0.3) is 0 Å². The van der Waals surface area contributed by atoms with Gasteiger partial charge in [0, 0.05) is 44.0 Å². The summed E-state index contributed by atoms with van der Waals surface area (Å²) in [6, 6.07) is 0. The summed E-state index contributed by atoms with van der Waals surface area (Å²) in [4.78, 5) is 8.35. The minimum absolute atomic E-state index is 0.104. The van der Waals surface area contributed by atoms with Crippen molar-refractivity contribution in [3.8, 4) is 0 Å². The Morgan fingerprint density at radius 1 is 1.37 bits per heavy atom. The van der Waals surface area contributed by atoms with Crippen LogP contribution in [-0.4, -0.2) is 31.5 Å². The molecule has 2 aromatic rings. The van der Waals surface area contributed by atoms with Crippen LogP contribution in [0.1, 0.15) is 28.3 Å². The third kappa shape index (κ3) is 2.73. The highest BCUT2D eigenvalue weighted by Crippen LogP contribution is 2.19. The van der Waals surface area contributed by atoms with Crippen molar-refractivity contribution in [2.24, 2.45) is 7.05 Å². The van der Waals surface area contributed by atoms with Crippen molar-refractivity contribution >= 4 is 5.82 Å². The number of nitrogens with zero attached hydrogens (tertiary/aromatic N) is 4. The Hall–Kier alpha value is -1.95. The molecule has 6 nitrogen and oxygen atoms in total. The van der Waals surface area contributed by atoms with Gasteiger partial charge in [-0.15, -0.1) is 0 Å². The predicted octanol–water partition coefficient (Wildman–Crippen LogP) is 0.535. The minimum atomic E-state index is 0.104. The van der Waals surface area contributed by atoms with Gasteiger partial charge in [-0.25, -0.2) is 9.97 Å². The second-order valence-electron chi connectivity index (χ2n) is 4.62. The van der Waals surface area contributed by atoms with E-state index in [-0.39, 0.29) is 6.61 Å². The fourth-order valence-corrected chi connectivity index (χ4v) is 2.15. The maximum absolute atomic E-state index is 9.02. The number of hydrogen-bond donors (Lipinski definition) is 2. The molecule has 0 saturated heterocycles. The number of aromatic nitrogens is 4. The molecule has 0 bridgehead atoms. The van der Waals surface area contributed by atoms with Crippen molar-refractivity contribution in [3.05, 3.63) is 34.5 Å². The Balaban J connectivity index is 2.33. The number of nitrogens with two attached hydrogens (primary N) is 1. The van der Waals surface area contributed by atoms with Crippen LogP contribution in [0.2, 0.25) is 0 Å². The smallest absolute Gasteiger partial charge is 0.130 e. The fraction of sp³-hybridized carbons (Fsp3) is 0.462. The van der Waals surface area contributed by atoms with Crippen molar-refractivity contribution in [2.45, 2.75) is 26.7 Å². The zero-order valence-corrected chi connectivity index (χ0v) is 11.5. The molecule has 6 heteroatoms. The van der Waals surface area contributed by atoms with Gasteiger partial charge >= 0.3 is 0 Å². The fourth-order valence-electron chi connectivity index (χ4n) is 2.15.